The Balaban J connectivity index is 1.53. The lowest BCUT2D eigenvalue weighted by atomic mass is 10.1. The fourth-order valence-electron chi connectivity index (χ4n) is 2.16. The average molecular weight is 270 g/mol. The van der Waals surface area contributed by atoms with E-state index in [2.05, 4.69) is 22.7 Å². The first-order valence-corrected chi connectivity index (χ1v) is 7.14. The number of rotatable bonds is 4. The summed E-state index contributed by atoms with van der Waals surface area (Å²) in [6.45, 7) is 0. The second kappa shape index (κ2) is 5.36. The van der Waals surface area contributed by atoms with Gasteiger partial charge in [-0.25, -0.2) is 5.43 Å². The predicted molar refractivity (Wildman–Crippen MR) is 77.3 cm³/mol. The van der Waals surface area contributed by atoms with Gasteiger partial charge in [0, 0.05) is 10.8 Å². The summed E-state index contributed by atoms with van der Waals surface area (Å²) in [7, 11) is 0. The Morgan fingerprint density at radius 2 is 2.11 bits per heavy atom. The Labute approximate surface area is 116 Å². The van der Waals surface area contributed by atoms with Crippen molar-refractivity contribution in [2.24, 2.45) is 11.0 Å². The Hall–Kier alpha value is -1.94. The molecule has 0 spiro atoms. The minimum atomic E-state index is 0.0154. The molecule has 0 saturated heterocycles. The largest absolute Gasteiger partial charge is 0.273 e. The van der Waals surface area contributed by atoms with E-state index in [9.17, 15) is 4.79 Å². The maximum Gasteiger partial charge on any atom is 0.243 e. The summed E-state index contributed by atoms with van der Waals surface area (Å²) in [5.41, 5.74) is 3.86. The summed E-state index contributed by atoms with van der Waals surface area (Å²) in [4.78, 5) is 12.9. The van der Waals surface area contributed by atoms with Gasteiger partial charge in [0.15, 0.2) is 0 Å². The highest BCUT2D eigenvalue weighted by molar-refractivity contribution is 7.11. The molecule has 19 heavy (non-hydrogen) atoms. The topological polar surface area (TPSA) is 41.5 Å². The lowest BCUT2D eigenvalue weighted by Crippen LogP contribution is -2.19. The zero-order valence-corrected chi connectivity index (χ0v) is 11.1. The molecule has 1 aromatic heterocycles. The highest BCUT2D eigenvalue weighted by Gasteiger charge is 2.43. The van der Waals surface area contributed by atoms with Gasteiger partial charge in [-0.3, -0.25) is 4.79 Å². The summed E-state index contributed by atoms with van der Waals surface area (Å²) in [5.74, 6) is 0.447. The van der Waals surface area contributed by atoms with Crippen LogP contribution in [0.25, 0.3) is 0 Å². The fraction of sp³-hybridized carbons (Fsp3) is 0.200. The molecule has 0 aliphatic heterocycles. The molecule has 1 aromatic carbocycles. The number of carbonyl (C=O) groups is 1. The molecule has 1 heterocycles. The van der Waals surface area contributed by atoms with Crippen LogP contribution < -0.4 is 5.43 Å². The number of hydrazone groups is 1. The summed E-state index contributed by atoms with van der Waals surface area (Å²) < 4.78 is 0. The number of thiophene rings is 1. The minimum absolute atomic E-state index is 0.0154. The summed E-state index contributed by atoms with van der Waals surface area (Å²) >= 11 is 1.60. The molecule has 0 bridgehead atoms. The van der Waals surface area contributed by atoms with Gasteiger partial charge in [-0.1, -0.05) is 36.4 Å². The molecule has 1 N–H and O–H groups in total. The highest BCUT2D eigenvalue weighted by Crippen LogP contribution is 2.47. The molecular weight excluding hydrogens is 256 g/mol. The maximum absolute atomic E-state index is 11.9. The van der Waals surface area contributed by atoms with Crippen LogP contribution in [0, 0.1) is 5.92 Å². The summed E-state index contributed by atoms with van der Waals surface area (Å²) in [5, 5.41) is 5.97. The Kier molecular flexibility index (Phi) is 3.42. The van der Waals surface area contributed by atoms with Crippen LogP contribution in [-0.2, 0) is 4.79 Å². The third-order valence-electron chi connectivity index (χ3n) is 3.26. The van der Waals surface area contributed by atoms with Crippen molar-refractivity contribution in [1.82, 2.24) is 5.43 Å². The van der Waals surface area contributed by atoms with E-state index in [-0.39, 0.29) is 11.8 Å². The Morgan fingerprint density at radius 1 is 1.26 bits per heavy atom. The number of amides is 1. The molecule has 3 nitrogen and oxygen atoms in total. The smallest absolute Gasteiger partial charge is 0.243 e. The zero-order valence-electron chi connectivity index (χ0n) is 10.3. The molecular formula is C15H14N2OS. The van der Waals surface area contributed by atoms with Gasteiger partial charge in [-0.15, -0.1) is 11.3 Å². The third-order valence-corrected chi connectivity index (χ3v) is 4.07. The van der Waals surface area contributed by atoms with Crippen molar-refractivity contribution in [2.75, 3.05) is 0 Å². The first-order chi connectivity index (χ1) is 9.34. The molecule has 1 fully saturated rings. The zero-order chi connectivity index (χ0) is 13.1. The monoisotopic (exact) mass is 270 g/mol. The van der Waals surface area contributed by atoms with Crippen LogP contribution in [-0.4, -0.2) is 12.1 Å². The molecule has 4 heteroatoms. The van der Waals surface area contributed by atoms with Gasteiger partial charge in [0.25, 0.3) is 0 Å². The summed E-state index contributed by atoms with van der Waals surface area (Å²) in [6, 6.07) is 14.1. The SMILES string of the molecule is O=C(N/N=C/c1cccs1)C1CC1c1ccccc1. The third kappa shape index (κ3) is 2.90. The van der Waals surface area contributed by atoms with Crippen LogP contribution >= 0.6 is 11.3 Å². The van der Waals surface area contributed by atoms with Gasteiger partial charge < -0.3 is 0 Å². The van der Waals surface area contributed by atoms with Crippen LogP contribution in [0.4, 0.5) is 0 Å². The molecule has 2 aromatic rings. The van der Waals surface area contributed by atoms with E-state index in [0.717, 1.165) is 11.3 Å². The fourth-order valence-corrected chi connectivity index (χ4v) is 2.75. The number of nitrogens with zero attached hydrogens (tertiary/aromatic N) is 1. The summed E-state index contributed by atoms with van der Waals surface area (Å²) in [6.07, 6.45) is 2.60. The van der Waals surface area contributed by atoms with Gasteiger partial charge in [-0.05, 0) is 29.3 Å². The van der Waals surface area contributed by atoms with E-state index >= 15 is 0 Å². The van der Waals surface area contributed by atoms with Crippen LogP contribution in [0.1, 0.15) is 22.8 Å². The lowest BCUT2D eigenvalue weighted by Gasteiger charge is -1.99. The van der Waals surface area contributed by atoms with Crippen molar-refractivity contribution < 1.29 is 4.79 Å². The van der Waals surface area contributed by atoms with E-state index in [1.165, 1.54) is 5.56 Å². The van der Waals surface area contributed by atoms with Crippen LogP contribution in [0.15, 0.2) is 52.9 Å². The second-order valence-electron chi connectivity index (χ2n) is 4.61. The standard InChI is InChI=1S/C15H14N2OS/c18-15(17-16-10-12-7-4-8-19-12)14-9-13(14)11-5-2-1-3-6-11/h1-8,10,13-14H,9H2,(H,17,18)/b16-10+. The highest BCUT2D eigenvalue weighted by atomic mass is 32.1. The van der Waals surface area contributed by atoms with Crippen molar-refractivity contribution in [3.05, 3.63) is 58.3 Å². The molecule has 1 aliphatic rings. The second-order valence-corrected chi connectivity index (χ2v) is 5.59. The van der Waals surface area contributed by atoms with Crippen molar-refractivity contribution in [1.29, 1.82) is 0 Å². The number of benzene rings is 1. The van der Waals surface area contributed by atoms with Crippen molar-refractivity contribution in [2.45, 2.75) is 12.3 Å². The van der Waals surface area contributed by atoms with E-state index in [0.29, 0.717) is 5.92 Å². The van der Waals surface area contributed by atoms with E-state index < -0.39 is 0 Å². The van der Waals surface area contributed by atoms with Crippen LogP contribution in [0.3, 0.4) is 0 Å². The molecule has 1 amide bonds. The van der Waals surface area contributed by atoms with E-state index in [1.807, 2.05) is 35.7 Å². The van der Waals surface area contributed by atoms with Crippen molar-refractivity contribution in [3.8, 4) is 0 Å². The average Bonchev–Trinajstić information content (AvgIpc) is 3.09. The minimum Gasteiger partial charge on any atom is -0.273 e. The number of hydrogen-bond donors (Lipinski definition) is 1. The quantitative estimate of drug-likeness (QED) is 0.673. The number of hydrogen-bond acceptors (Lipinski definition) is 3. The Bertz CT molecular complexity index is 577. The van der Waals surface area contributed by atoms with Gasteiger partial charge in [-0.2, -0.15) is 5.10 Å². The molecule has 1 aliphatic carbocycles. The molecule has 3 rings (SSSR count). The first kappa shape index (κ1) is 12.1. The number of nitrogens with one attached hydrogen (secondary N) is 1. The molecule has 0 radical (unpaired) electrons. The molecule has 2 atom stereocenters. The number of carbonyl (C=O) groups excluding carboxylic acids is 1. The molecule has 96 valence electrons. The molecule has 1 saturated carbocycles. The van der Waals surface area contributed by atoms with E-state index in [4.69, 9.17) is 0 Å². The first-order valence-electron chi connectivity index (χ1n) is 6.26. The lowest BCUT2D eigenvalue weighted by molar-refractivity contribution is -0.122. The van der Waals surface area contributed by atoms with Gasteiger partial charge in [0.05, 0.1) is 6.21 Å². The Morgan fingerprint density at radius 3 is 2.84 bits per heavy atom. The van der Waals surface area contributed by atoms with Crippen molar-refractivity contribution >= 4 is 23.5 Å². The van der Waals surface area contributed by atoms with Gasteiger partial charge in [0.1, 0.15) is 0 Å². The van der Waals surface area contributed by atoms with Gasteiger partial charge in [0.2, 0.25) is 5.91 Å². The predicted octanol–water partition coefficient (Wildman–Crippen LogP) is 3.00. The van der Waals surface area contributed by atoms with E-state index in [1.54, 1.807) is 17.6 Å². The van der Waals surface area contributed by atoms with Crippen LogP contribution in [0.2, 0.25) is 0 Å². The van der Waals surface area contributed by atoms with Gasteiger partial charge >= 0.3 is 0 Å². The molecule has 2 unspecified atom stereocenters. The van der Waals surface area contributed by atoms with Crippen molar-refractivity contribution in [3.63, 3.8) is 0 Å². The van der Waals surface area contributed by atoms with Crippen LogP contribution in [0.5, 0.6) is 0 Å². The maximum atomic E-state index is 11.9. The normalized spacial score (nSPS) is 21.5.